The highest BCUT2D eigenvalue weighted by molar-refractivity contribution is 5.78. The molecule has 2 heterocycles. The fraction of sp³-hybridized carbons (Fsp3) is 0.222. The van der Waals surface area contributed by atoms with Gasteiger partial charge in [-0.25, -0.2) is 4.98 Å². The number of aromatic amines is 1. The molecule has 0 saturated carbocycles. The number of nitrogens with one attached hydrogen (secondary N) is 2. The molecule has 0 atom stereocenters. The van der Waals surface area contributed by atoms with Crippen LogP contribution in [0.2, 0.25) is 0 Å². The predicted octanol–water partition coefficient (Wildman–Crippen LogP) is 1.07. The molecule has 0 fully saturated rings. The molecule has 0 aliphatic carbocycles. The molecule has 7 nitrogen and oxygen atoms in total. The van der Waals surface area contributed by atoms with Crippen LogP contribution in [0.15, 0.2) is 53.6 Å². The van der Waals surface area contributed by atoms with Gasteiger partial charge in [0.2, 0.25) is 5.91 Å². The van der Waals surface area contributed by atoms with Crippen molar-refractivity contribution in [1.82, 2.24) is 25.2 Å². The molecule has 1 aromatic carbocycles. The second-order valence-corrected chi connectivity index (χ2v) is 5.84. The lowest BCUT2D eigenvalue weighted by atomic mass is 10.2. The number of benzene rings is 1. The fourth-order valence-corrected chi connectivity index (χ4v) is 2.56. The molecule has 0 bridgehead atoms. The molecule has 128 valence electrons. The highest BCUT2D eigenvalue weighted by Crippen LogP contribution is 2.05. The third kappa shape index (κ3) is 4.48. The Balaban J connectivity index is 1.56. The van der Waals surface area contributed by atoms with Crippen LogP contribution in [-0.2, 0) is 17.9 Å². The van der Waals surface area contributed by atoms with Gasteiger partial charge in [-0.15, -0.1) is 0 Å². The van der Waals surface area contributed by atoms with E-state index in [9.17, 15) is 9.59 Å². The Morgan fingerprint density at radius 3 is 2.88 bits per heavy atom. The second kappa shape index (κ2) is 7.67. The summed E-state index contributed by atoms with van der Waals surface area (Å²) in [5.41, 5.74) is 1.45. The Kier molecular flexibility index (Phi) is 5.15. The van der Waals surface area contributed by atoms with Gasteiger partial charge in [-0.2, -0.15) is 0 Å². The van der Waals surface area contributed by atoms with Crippen LogP contribution in [0.1, 0.15) is 11.4 Å². The smallest absolute Gasteiger partial charge is 0.258 e. The standard InChI is InChI=1S/C18H19N5O2/c1-23(11-13-5-4-8-19-9-13)12-17(24)20-10-16-21-15-7-3-2-6-14(15)18(25)22-16/h2-9H,10-12H2,1H3,(H,20,24)(H,21,22,25). The van der Waals surface area contributed by atoms with Crippen molar-refractivity contribution >= 4 is 16.8 Å². The first-order valence-corrected chi connectivity index (χ1v) is 7.94. The third-order valence-corrected chi connectivity index (χ3v) is 3.70. The second-order valence-electron chi connectivity index (χ2n) is 5.84. The zero-order valence-corrected chi connectivity index (χ0v) is 13.9. The van der Waals surface area contributed by atoms with Crippen molar-refractivity contribution in [3.8, 4) is 0 Å². The number of fused-ring (bicyclic) bond motifs is 1. The predicted molar refractivity (Wildman–Crippen MR) is 94.8 cm³/mol. The average molecular weight is 337 g/mol. The van der Waals surface area contributed by atoms with Crippen molar-refractivity contribution in [3.63, 3.8) is 0 Å². The number of carbonyl (C=O) groups is 1. The Morgan fingerprint density at radius 1 is 1.24 bits per heavy atom. The maximum absolute atomic E-state index is 12.1. The lowest BCUT2D eigenvalue weighted by molar-refractivity contribution is -0.122. The van der Waals surface area contributed by atoms with Crippen LogP contribution in [0, 0.1) is 0 Å². The number of para-hydroxylation sites is 1. The minimum absolute atomic E-state index is 0.137. The number of aromatic nitrogens is 3. The van der Waals surface area contributed by atoms with E-state index in [4.69, 9.17) is 0 Å². The van der Waals surface area contributed by atoms with E-state index in [0.29, 0.717) is 23.3 Å². The molecular formula is C18H19N5O2. The number of hydrogen-bond donors (Lipinski definition) is 2. The van der Waals surface area contributed by atoms with Crippen LogP contribution in [0.3, 0.4) is 0 Å². The Hall–Kier alpha value is -3.06. The molecule has 0 aliphatic heterocycles. The van der Waals surface area contributed by atoms with Crippen molar-refractivity contribution in [1.29, 1.82) is 0 Å². The number of nitrogens with zero attached hydrogens (tertiary/aromatic N) is 3. The molecule has 7 heteroatoms. The maximum atomic E-state index is 12.1. The quantitative estimate of drug-likeness (QED) is 0.702. The van der Waals surface area contributed by atoms with E-state index in [1.54, 1.807) is 30.6 Å². The average Bonchev–Trinajstić information content (AvgIpc) is 2.61. The first-order chi connectivity index (χ1) is 12.1. The first kappa shape index (κ1) is 16.8. The monoisotopic (exact) mass is 337 g/mol. The highest BCUT2D eigenvalue weighted by atomic mass is 16.2. The van der Waals surface area contributed by atoms with Crippen molar-refractivity contribution in [2.45, 2.75) is 13.1 Å². The van der Waals surface area contributed by atoms with Crippen molar-refractivity contribution in [2.24, 2.45) is 0 Å². The van der Waals surface area contributed by atoms with Gasteiger partial charge >= 0.3 is 0 Å². The van der Waals surface area contributed by atoms with Crippen LogP contribution in [0.5, 0.6) is 0 Å². The summed E-state index contributed by atoms with van der Waals surface area (Å²) in [5, 5.41) is 3.31. The van der Waals surface area contributed by atoms with Gasteiger partial charge in [0.25, 0.3) is 5.56 Å². The summed E-state index contributed by atoms with van der Waals surface area (Å²) >= 11 is 0. The van der Waals surface area contributed by atoms with Gasteiger partial charge < -0.3 is 10.3 Å². The van der Waals surface area contributed by atoms with Gasteiger partial charge in [0.1, 0.15) is 5.82 Å². The number of likely N-dealkylation sites (N-methyl/N-ethyl adjacent to an activating group) is 1. The molecule has 3 aromatic rings. The summed E-state index contributed by atoms with van der Waals surface area (Å²) in [6, 6.07) is 10.9. The summed E-state index contributed by atoms with van der Waals surface area (Å²) < 4.78 is 0. The summed E-state index contributed by atoms with van der Waals surface area (Å²) in [4.78, 5) is 37.1. The van der Waals surface area contributed by atoms with Crippen molar-refractivity contribution < 1.29 is 4.79 Å². The van der Waals surface area contributed by atoms with E-state index in [0.717, 1.165) is 5.56 Å². The van der Waals surface area contributed by atoms with E-state index in [1.807, 2.05) is 30.1 Å². The normalized spacial score (nSPS) is 11.0. The van der Waals surface area contributed by atoms with E-state index >= 15 is 0 Å². The number of rotatable bonds is 6. The highest BCUT2D eigenvalue weighted by Gasteiger charge is 2.09. The van der Waals surface area contributed by atoms with Crippen molar-refractivity contribution in [3.05, 3.63) is 70.5 Å². The molecule has 0 spiro atoms. The van der Waals surface area contributed by atoms with Gasteiger partial charge in [0, 0.05) is 18.9 Å². The lowest BCUT2D eigenvalue weighted by Gasteiger charge is -2.16. The van der Waals surface area contributed by atoms with Crippen LogP contribution in [0.25, 0.3) is 10.9 Å². The zero-order chi connectivity index (χ0) is 17.6. The SMILES string of the molecule is CN(CC(=O)NCc1nc2ccccc2c(=O)[nH]1)Cc1cccnc1. The number of carbonyl (C=O) groups excluding carboxylic acids is 1. The van der Waals surface area contributed by atoms with Gasteiger partial charge in [-0.3, -0.25) is 19.5 Å². The van der Waals surface area contributed by atoms with Crippen LogP contribution in [0.4, 0.5) is 0 Å². The van der Waals surface area contributed by atoms with E-state index in [-0.39, 0.29) is 24.6 Å². The van der Waals surface area contributed by atoms with Gasteiger partial charge in [0.05, 0.1) is 24.0 Å². The maximum Gasteiger partial charge on any atom is 0.258 e. The minimum atomic E-state index is -0.205. The van der Waals surface area contributed by atoms with Crippen LogP contribution in [-0.4, -0.2) is 39.4 Å². The molecule has 1 amide bonds. The molecule has 2 N–H and O–H groups in total. The molecular weight excluding hydrogens is 318 g/mol. The van der Waals surface area contributed by atoms with E-state index in [2.05, 4.69) is 20.3 Å². The van der Waals surface area contributed by atoms with Gasteiger partial charge in [0.15, 0.2) is 0 Å². The molecule has 25 heavy (non-hydrogen) atoms. The number of hydrogen-bond acceptors (Lipinski definition) is 5. The largest absolute Gasteiger partial charge is 0.348 e. The van der Waals surface area contributed by atoms with Gasteiger partial charge in [-0.1, -0.05) is 18.2 Å². The summed E-state index contributed by atoms with van der Waals surface area (Å²) in [5.74, 6) is 0.300. The summed E-state index contributed by atoms with van der Waals surface area (Å²) in [6.45, 7) is 1.05. The third-order valence-electron chi connectivity index (χ3n) is 3.70. The number of amides is 1. The van der Waals surface area contributed by atoms with E-state index in [1.165, 1.54) is 0 Å². The fourth-order valence-electron chi connectivity index (χ4n) is 2.56. The van der Waals surface area contributed by atoms with Crippen molar-refractivity contribution in [2.75, 3.05) is 13.6 Å². The minimum Gasteiger partial charge on any atom is -0.348 e. The van der Waals surface area contributed by atoms with E-state index < -0.39 is 0 Å². The Morgan fingerprint density at radius 2 is 2.08 bits per heavy atom. The molecule has 0 aliphatic rings. The summed E-state index contributed by atoms with van der Waals surface area (Å²) in [6.07, 6.45) is 3.49. The molecule has 0 unspecified atom stereocenters. The topological polar surface area (TPSA) is 91.0 Å². The molecule has 0 saturated heterocycles. The number of pyridine rings is 1. The molecule has 2 aromatic heterocycles. The first-order valence-electron chi connectivity index (χ1n) is 7.94. The Bertz CT molecular complexity index is 923. The van der Waals surface area contributed by atoms with Crippen LogP contribution < -0.4 is 10.9 Å². The summed E-state index contributed by atoms with van der Waals surface area (Å²) in [7, 11) is 1.86. The molecule has 0 radical (unpaired) electrons. The van der Waals surface area contributed by atoms with Crippen LogP contribution >= 0.6 is 0 Å². The molecule has 3 rings (SSSR count). The lowest BCUT2D eigenvalue weighted by Crippen LogP contribution is -2.35. The Labute approximate surface area is 144 Å². The number of H-pyrrole nitrogens is 1. The zero-order valence-electron chi connectivity index (χ0n) is 13.9. The van der Waals surface area contributed by atoms with Gasteiger partial charge in [-0.05, 0) is 30.8 Å².